The molecule has 0 aliphatic heterocycles. The van der Waals surface area contributed by atoms with Crippen LogP contribution in [0.5, 0.6) is 0 Å². The van der Waals surface area contributed by atoms with Crippen molar-refractivity contribution in [2.75, 3.05) is 0 Å². The first-order valence-corrected chi connectivity index (χ1v) is 5.37. The summed E-state index contributed by atoms with van der Waals surface area (Å²) in [7, 11) is 0. The van der Waals surface area contributed by atoms with E-state index in [1.54, 1.807) is 6.07 Å². The van der Waals surface area contributed by atoms with Crippen LogP contribution < -0.4 is 5.32 Å². The Balaban J connectivity index is 2.73. The second kappa shape index (κ2) is 5.03. The second-order valence-corrected chi connectivity index (χ2v) is 4.97. The van der Waals surface area contributed by atoms with E-state index in [4.69, 9.17) is 9.52 Å². The summed E-state index contributed by atoms with van der Waals surface area (Å²) in [6.45, 7) is 5.63. The van der Waals surface area contributed by atoms with Crippen molar-refractivity contribution in [1.82, 2.24) is 5.32 Å². The van der Waals surface area contributed by atoms with Crippen LogP contribution in [-0.2, 0) is 4.79 Å². The highest BCUT2D eigenvalue weighted by molar-refractivity contribution is 5.91. The Morgan fingerprint density at radius 2 is 2.12 bits per heavy atom. The number of hydrogen-bond donors (Lipinski definition) is 2. The summed E-state index contributed by atoms with van der Waals surface area (Å²) in [6, 6.07) is 2.70. The second-order valence-electron chi connectivity index (χ2n) is 4.97. The first-order valence-electron chi connectivity index (χ1n) is 5.37. The first-order chi connectivity index (χ1) is 7.80. The zero-order valence-electron chi connectivity index (χ0n) is 10.2. The van der Waals surface area contributed by atoms with Gasteiger partial charge >= 0.3 is 5.97 Å². The fourth-order valence-electron chi connectivity index (χ4n) is 1.39. The molecule has 0 aliphatic rings. The van der Waals surface area contributed by atoms with Gasteiger partial charge in [-0.25, -0.2) is 0 Å². The van der Waals surface area contributed by atoms with Crippen LogP contribution in [0.1, 0.15) is 37.7 Å². The van der Waals surface area contributed by atoms with Crippen molar-refractivity contribution in [2.24, 2.45) is 5.41 Å². The molecule has 2 N–H and O–H groups in total. The third-order valence-electron chi connectivity index (χ3n) is 2.47. The van der Waals surface area contributed by atoms with E-state index in [2.05, 4.69) is 5.32 Å². The minimum atomic E-state index is -0.940. The molecule has 0 bridgehead atoms. The summed E-state index contributed by atoms with van der Waals surface area (Å²) in [5, 5.41) is 11.5. The fourth-order valence-corrected chi connectivity index (χ4v) is 1.39. The Morgan fingerprint density at radius 3 is 2.53 bits per heavy atom. The Bertz CT molecular complexity index is 389. The van der Waals surface area contributed by atoms with Gasteiger partial charge in [-0.15, -0.1) is 0 Å². The molecule has 0 spiro atoms. The molecule has 5 nitrogen and oxygen atoms in total. The zero-order valence-corrected chi connectivity index (χ0v) is 10.2. The Kier molecular flexibility index (Phi) is 3.93. The number of amides is 1. The normalized spacial score (nSPS) is 13.1. The van der Waals surface area contributed by atoms with Crippen LogP contribution in [0, 0.1) is 5.41 Å². The van der Waals surface area contributed by atoms with Gasteiger partial charge in [-0.05, 0) is 17.5 Å². The van der Waals surface area contributed by atoms with E-state index in [1.165, 1.54) is 12.3 Å². The minimum Gasteiger partial charge on any atom is -0.481 e. The van der Waals surface area contributed by atoms with E-state index < -0.39 is 17.9 Å². The number of furan rings is 1. The van der Waals surface area contributed by atoms with Gasteiger partial charge in [0.25, 0.3) is 5.91 Å². The summed E-state index contributed by atoms with van der Waals surface area (Å²) in [5.74, 6) is -1.15. The third kappa shape index (κ3) is 3.94. The topological polar surface area (TPSA) is 79.5 Å². The smallest absolute Gasteiger partial charge is 0.305 e. The summed E-state index contributed by atoms with van der Waals surface area (Å²) < 4.78 is 4.95. The lowest BCUT2D eigenvalue weighted by Crippen LogP contribution is -2.44. The molecule has 1 aromatic rings. The van der Waals surface area contributed by atoms with Crippen molar-refractivity contribution in [3.8, 4) is 0 Å². The van der Waals surface area contributed by atoms with Crippen LogP contribution in [0.15, 0.2) is 22.8 Å². The number of aliphatic carboxylic acids is 1. The standard InChI is InChI=1S/C12H17NO4/c1-12(2,3)9(7-10(14)15)13-11(16)8-5-4-6-17-8/h4-6,9H,7H2,1-3H3,(H,13,16)(H,14,15). The predicted octanol–water partition coefficient (Wildman–Crippen LogP) is 1.90. The van der Waals surface area contributed by atoms with E-state index in [9.17, 15) is 9.59 Å². The van der Waals surface area contributed by atoms with Gasteiger partial charge in [0.15, 0.2) is 5.76 Å². The van der Waals surface area contributed by atoms with Gasteiger partial charge < -0.3 is 14.8 Å². The molecule has 0 aromatic carbocycles. The van der Waals surface area contributed by atoms with Crippen molar-refractivity contribution in [1.29, 1.82) is 0 Å². The number of nitrogens with one attached hydrogen (secondary N) is 1. The minimum absolute atomic E-state index is 0.115. The van der Waals surface area contributed by atoms with E-state index in [0.717, 1.165) is 0 Å². The third-order valence-corrected chi connectivity index (χ3v) is 2.47. The highest BCUT2D eigenvalue weighted by atomic mass is 16.4. The highest BCUT2D eigenvalue weighted by Gasteiger charge is 2.29. The number of carbonyl (C=O) groups excluding carboxylic acids is 1. The van der Waals surface area contributed by atoms with Crippen molar-refractivity contribution in [3.05, 3.63) is 24.2 Å². The maximum Gasteiger partial charge on any atom is 0.305 e. The molecule has 0 saturated heterocycles. The molecule has 1 rings (SSSR count). The lowest BCUT2D eigenvalue weighted by atomic mass is 9.84. The average molecular weight is 239 g/mol. The average Bonchev–Trinajstić information content (AvgIpc) is 2.66. The Labute approximate surface area is 99.8 Å². The molecule has 0 saturated carbocycles. The van der Waals surface area contributed by atoms with E-state index in [1.807, 2.05) is 20.8 Å². The summed E-state index contributed by atoms with van der Waals surface area (Å²) in [6.07, 6.45) is 1.29. The SMILES string of the molecule is CC(C)(C)C(CC(=O)O)NC(=O)c1ccco1. The number of hydrogen-bond acceptors (Lipinski definition) is 3. The maximum absolute atomic E-state index is 11.7. The molecular weight excluding hydrogens is 222 g/mol. The van der Waals surface area contributed by atoms with Gasteiger partial charge in [-0.3, -0.25) is 9.59 Å². The number of rotatable bonds is 4. The van der Waals surface area contributed by atoms with Crippen LogP contribution in [0.25, 0.3) is 0 Å². The molecule has 1 atom stereocenters. The van der Waals surface area contributed by atoms with Crippen molar-refractivity contribution in [3.63, 3.8) is 0 Å². The van der Waals surface area contributed by atoms with Crippen molar-refractivity contribution in [2.45, 2.75) is 33.2 Å². The van der Waals surface area contributed by atoms with Crippen molar-refractivity contribution < 1.29 is 19.1 Å². The van der Waals surface area contributed by atoms with E-state index in [0.29, 0.717) is 0 Å². The molecule has 1 amide bonds. The summed E-state index contributed by atoms with van der Waals surface area (Å²) in [5.41, 5.74) is -0.333. The molecule has 0 aliphatic carbocycles. The highest BCUT2D eigenvalue weighted by Crippen LogP contribution is 2.22. The molecule has 1 aromatic heterocycles. The molecule has 5 heteroatoms. The molecule has 0 fully saturated rings. The van der Waals surface area contributed by atoms with Gasteiger partial charge in [0.05, 0.1) is 12.7 Å². The van der Waals surface area contributed by atoms with Crippen LogP contribution in [0.4, 0.5) is 0 Å². The number of carboxylic acid groups (broad SMARTS) is 1. The fraction of sp³-hybridized carbons (Fsp3) is 0.500. The quantitative estimate of drug-likeness (QED) is 0.841. The first kappa shape index (κ1) is 13.3. The Morgan fingerprint density at radius 1 is 1.47 bits per heavy atom. The number of carboxylic acids is 1. The van der Waals surface area contributed by atoms with E-state index in [-0.39, 0.29) is 17.6 Å². The predicted molar refractivity (Wildman–Crippen MR) is 61.7 cm³/mol. The van der Waals surface area contributed by atoms with E-state index >= 15 is 0 Å². The number of carbonyl (C=O) groups is 2. The largest absolute Gasteiger partial charge is 0.481 e. The monoisotopic (exact) mass is 239 g/mol. The molecule has 1 heterocycles. The van der Waals surface area contributed by atoms with Crippen LogP contribution >= 0.6 is 0 Å². The molecule has 17 heavy (non-hydrogen) atoms. The summed E-state index contributed by atoms with van der Waals surface area (Å²) in [4.78, 5) is 22.5. The van der Waals surface area contributed by atoms with Gasteiger partial charge in [-0.2, -0.15) is 0 Å². The van der Waals surface area contributed by atoms with Gasteiger partial charge in [-0.1, -0.05) is 20.8 Å². The molecular formula is C12H17NO4. The zero-order chi connectivity index (χ0) is 13.1. The van der Waals surface area contributed by atoms with Crippen molar-refractivity contribution >= 4 is 11.9 Å². The Hall–Kier alpha value is -1.78. The lowest BCUT2D eigenvalue weighted by molar-refractivity contribution is -0.138. The molecule has 1 unspecified atom stereocenters. The van der Waals surface area contributed by atoms with Crippen LogP contribution in [0.3, 0.4) is 0 Å². The van der Waals surface area contributed by atoms with Crippen LogP contribution in [0.2, 0.25) is 0 Å². The van der Waals surface area contributed by atoms with Gasteiger partial charge in [0.1, 0.15) is 0 Å². The van der Waals surface area contributed by atoms with Gasteiger partial charge in [0.2, 0.25) is 0 Å². The van der Waals surface area contributed by atoms with Gasteiger partial charge in [0, 0.05) is 6.04 Å². The maximum atomic E-state index is 11.7. The molecule has 94 valence electrons. The van der Waals surface area contributed by atoms with Crippen LogP contribution in [-0.4, -0.2) is 23.0 Å². The molecule has 0 radical (unpaired) electrons. The lowest BCUT2D eigenvalue weighted by Gasteiger charge is -2.29. The summed E-state index contributed by atoms with van der Waals surface area (Å²) >= 11 is 0.